The van der Waals surface area contributed by atoms with Crippen molar-refractivity contribution in [1.29, 1.82) is 0 Å². The van der Waals surface area contributed by atoms with Crippen LogP contribution in [0.1, 0.15) is 45.3 Å². The first-order valence-electron chi connectivity index (χ1n) is 7.07. The van der Waals surface area contributed by atoms with Gasteiger partial charge in [-0.3, -0.25) is 0 Å². The third-order valence-corrected chi connectivity index (χ3v) is 5.42. The molecule has 0 bridgehead atoms. The summed E-state index contributed by atoms with van der Waals surface area (Å²) >= 11 is 0. The summed E-state index contributed by atoms with van der Waals surface area (Å²) in [5, 5.41) is 9.83. The minimum absolute atomic E-state index is 0.244. The third-order valence-electron chi connectivity index (χ3n) is 3.60. The van der Waals surface area contributed by atoms with E-state index >= 15 is 0 Å². The molecule has 0 aliphatic heterocycles. The van der Waals surface area contributed by atoms with Gasteiger partial charge >= 0.3 is 0 Å². The fraction of sp³-hybridized carbons (Fsp3) is 0.600. The Kier molecular flexibility index (Phi) is 6.17. The average molecular weight is 299 g/mol. The molecule has 0 aliphatic rings. The molecule has 2 unspecified atom stereocenters. The molecule has 114 valence electrons. The molecule has 4 nitrogen and oxygen atoms in total. The normalized spacial score (nSPS) is 15.3. The lowest BCUT2D eigenvalue weighted by molar-refractivity contribution is 0.173. The highest BCUT2D eigenvalue weighted by Gasteiger charge is 2.22. The zero-order valence-electron chi connectivity index (χ0n) is 12.7. The lowest BCUT2D eigenvalue weighted by Gasteiger charge is -2.21. The van der Waals surface area contributed by atoms with Crippen LogP contribution in [0.25, 0.3) is 0 Å². The molecule has 0 heterocycles. The van der Waals surface area contributed by atoms with Gasteiger partial charge in [0.25, 0.3) is 0 Å². The average Bonchev–Trinajstić information content (AvgIpc) is 2.46. The molecule has 0 saturated carbocycles. The van der Waals surface area contributed by atoms with Gasteiger partial charge in [-0.1, -0.05) is 39.3 Å². The van der Waals surface area contributed by atoms with Gasteiger partial charge in [-0.25, -0.2) is 12.7 Å². The molecular weight excluding hydrogens is 274 g/mol. The van der Waals surface area contributed by atoms with Gasteiger partial charge in [-0.05, 0) is 30.0 Å². The van der Waals surface area contributed by atoms with E-state index in [2.05, 4.69) is 0 Å². The van der Waals surface area contributed by atoms with E-state index in [1.165, 1.54) is 4.31 Å². The molecule has 20 heavy (non-hydrogen) atoms. The van der Waals surface area contributed by atoms with Crippen molar-refractivity contribution >= 4 is 10.0 Å². The molecule has 5 heteroatoms. The number of hydrogen-bond acceptors (Lipinski definition) is 3. The number of sulfonamides is 1. The molecule has 2 atom stereocenters. The van der Waals surface area contributed by atoms with E-state index in [0.29, 0.717) is 24.4 Å². The maximum atomic E-state index is 12.5. The standard InChI is InChI=1S/C15H25NO3S/c1-5-12(3)11-16(4)20(18,19)14-9-7-8-13(10-14)15(17)6-2/h7-10,12,15,17H,5-6,11H2,1-4H3. The summed E-state index contributed by atoms with van der Waals surface area (Å²) in [4.78, 5) is 0.244. The second-order valence-corrected chi connectivity index (χ2v) is 7.34. The highest BCUT2D eigenvalue weighted by Crippen LogP contribution is 2.22. The molecule has 1 rings (SSSR count). The van der Waals surface area contributed by atoms with Gasteiger partial charge < -0.3 is 5.11 Å². The Morgan fingerprint density at radius 3 is 2.45 bits per heavy atom. The summed E-state index contributed by atoms with van der Waals surface area (Å²) in [5.74, 6) is 0.319. The maximum absolute atomic E-state index is 12.5. The van der Waals surface area contributed by atoms with Crippen molar-refractivity contribution in [2.45, 2.75) is 44.6 Å². The molecule has 0 amide bonds. The van der Waals surface area contributed by atoms with E-state index in [9.17, 15) is 13.5 Å². The summed E-state index contributed by atoms with van der Waals surface area (Å²) in [6, 6.07) is 6.57. The SMILES string of the molecule is CCC(C)CN(C)S(=O)(=O)c1cccc(C(O)CC)c1. The first-order chi connectivity index (χ1) is 9.32. The lowest BCUT2D eigenvalue weighted by Crippen LogP contribution is -2.31. The summed E-state index contributed by atoms with van der Waals surface area (Å²) in [5.41, 5.74) is 0.644. The summed E-state index contributed by atoms with van der Waals surface area (Å²) in [6.07, 6.45) is 0.880. The lowest BCUT2D eigenvalue weighted by atomic mass is 10.1. The van der Waals surface area contributed by atoms with Crippen LogP contribution < -0.4 is 0 Å². The van der Waals surface area contributed by atoms with Crippen molar-refractivity contribution in [2.24, 2.45) is 5.92 Å². The highest BCUT2D eigenvalue weighted by atomic mass is 32.2. The van der Waals surface area contributed by atoms with Gasteiger partial charge in [-0.2, -0.15) is 0 Å². The number of hydrogen-bond donors (Lipinski definition) is 1. The van der Waals surface area contributed by atoms with E-state index < -0.39 is 16.1 Å². The highest BCUT2D eigenvalue weighted by molar-refractivity contribution is 7.89. The largest absolute Gasteiger partial charge is 0.388 e. The van der Waals surface area contributed by atoms with Crippen LogP contribution in [-0.2, 0) is 10.0 Å². The Labute approximate surface area is 122 Å². The minimum atomic E-state index is -3.49. The molecule has 0 radical (unpaired) electrons. The Morgan fingerprint density at radius 2 is 1.90 bits per heavy atom. The second kappa shape index (κ2) is 7.20. The molecule has 1 N–H and O–H groups in total. The van der Waals surface area contributed by atoms with E-state index in [1.54, 1.807) is 31.3 Å². The van der Waals surface area contributed by atoms with Crippen LogP contribution in [0.2, 0.25) is 0 Å². The summed E-state index contributed by atoms with van der Waals surface area (Å²) in [7, 11) is -1.88. The molecule has 0 spiro atoms. The molecular formula is C15H25NO3S. The van der Waals surface area contributed by atoms with Crippen molar-refractivity contribution in [3.63, 3.8) is 0 Å². The van der Waals surface area contributed by atoms with E-state index in [0.717, 1.165) is 6.42 Å². The Balaban J connectivity index is 3.03. The Hall–Kier alpha value is -0.910. The van der Waals surface area contributed by atoms with E-state index in [1.807, 2.05) is 20.8 Å². The fourth-order valence-corrected chi connectivity index (χ4v) is 3.31. The third kappa shape index (κ3) is 4.04. The fourth-order valence-electron chi connectivity index (χ4n) is 1.96. The van der Waals surface area contributed by atoms with Crippen LogP contribution in [0.4, 0.5) is 0 Å². The zero-order chi connectivity index (χ0) is 15.3. The Morgan fingerprint density at radius 1 is 1.25 bits per heavy atom. The van der Waals surface area contributed by atoms with Crippen molar-refractivity contribution < 1.29 is 13.5 Å². The van der Waals surface area contributed by atoms with Crippen LogP contribution in [-0.4, -0.2) is 31.4 Å². The van der Waals surface area contributed by atoms with E-state index in [4.69, 9.17) is 0 Å². The van der Waals surface area contributed by atoms with Crippen LogP contribution in [0, 0.1) is 5.92 Å². The van der Waals surface area contributed by atoms with Crippen LogP contribution in [0.3, 0.4) is 0 Å². The smallest absolute Gasteiger partial charge is 0.242 e. The van der Waals surface area contributed by atoms with Crippen molar-refractivity contribution in [2.75, 3.05) is 13.6 Å². The quantitative estimate of drug-likeness (QED) is 0.842. The molecule has 0 saturated heterocycles. The Bertz CT molecular complexity index is 528. The summed E-state index contributed by atoms with van der Waals surface area (Å²) < 4.78 is 26.4. The zero-order valence-corrected chi connectivity index (χ0v) is 13.5. The topological polar surface area (TPSA) is 57.6 Å². The maximum Gasteiger partial charge on any atom is 0.242 e. The monoisotopic (exact) mass is 299 g/mol. The van der Waals surface area contributed by atoms with Crippen LogP contribution in [0.5, 0.6) is 0 Å². The first-order valence-corrected chi connectivity index (χ1v) is 8.51. The number of rotatable bonds is 7. The van der Waals surface area contributed by atoms with Gasteiger partial charge in [-0.15, -0.1) is 0 Å². The number of benzene rings is 1. The van der Waals surface area contributed by atoms with Gasteiger partial charge in [0, 0.05) is 13.6 Å². The van der Waals surface area contributed by atoms with E-state index in [-0.39, 0.29) is 4.90 Å². The predicted octanol–water partition coefficient (Wildman–Crippen LogP) is 2.80. The van der Waals surface area contributed by atoms with Crippen LogP contribution >= 0.6 is 0 Å². The van der Waals surface area contributed by atoms with Gasteiger partial charge in [0.1, 0.15) is 0 Å². The second-order valence-electron chi connectivity index (χ2n) is 5.30. The number of aliphatic hydroxyl groups is 1. The van der Waals surface area contributed by atoms with Crippen molar-refractivity contribution in [3.8, 4) is 0 Å². The van der Waals surface area contributed by atoms with Gasteiger partial charge in [0.05, 0.1) is 11.0 Å². The number of aliphatic hydroxyl groups excluding tert-OH is 1. The van der Waals surface area contributed by atoms with Crippen molar-refractivity contribution in [1.82, 2.24) is 4.31 Å². The van der Waals surface area contributed by atoms with Gasteiger partial charge in [0.15, 0.2) is 0 Å². The molecule has 1 aromatic carbocycles. The van der Waals surface area contributed by atoms with Gasteiger partial charge in [0.2, 0.25) is 10.0 Å². The first kappa shape index (κ1) is 17.1. The molecule has 1 aromatic rings. The molecule has 0 fully saturated rings. The van der Waals surface area contributed by atoms with Crippen LogP contribution in [0.15, 0.2) is 29.2 Å². The summed E-state index contributed by atoms with van der Waals surface area (Å²) in [6.45, 7) is 6.44. The van der Waals surface area contributed by atoms with Crippen molar-refractivity contribution in [3.05, 3.63) is 29.8 Å². The molecule has 0 aliphatic carbocycles. The molecule has 0 aromatic heterocycles. The minimum Gasteiger partial charge on any atom is -0.388 e. The predicted molar refractivity (Wildman–Crippen MR) is 81.0 cm³/mol. The number of nitrogens with zero attached hydrogens (tertiary/aromatic N) is 1.